The zero-order chi connectivity index (χ0) is 18.1. The molecule has 0 bridgehead atoms. The van der Waals surface area contributed by atoms with Crippen LogP contribution in [0.15, 0.2) is 64.8 Å². The number of aromatic hydroxyl groups is 1. The van der Waals surface area contributed by atoms with Gasteiger partial charge < -0.3 is 10.1 Å². The quantitative estimate of drug-likeness (QED) is 0.551. The predicted molar refractivity (Wildman–Crippen MR) is 94.9 cm³/mol. The molecule has 1 amide bonds. The van der Waals surface area contributed by atoms with Crippen molar-refractivity contribution in [1.82, 2.24) is 20.0 Å². The highest BCUT2D eigenvalue weighted by atomic mass is 16.3. The Bertz CT molecular complexity index is 1130. The van der Waals surface area contributed by atoms with Crippen molar-refractivity contribution in [2.45, 2.75) is 6.92 Å². The van der Waals surface area contributed by atoms with Crippen molar-refractivity contribution >= 4 is 22.5 Å². The molecule has 2 N–H and O–H groups in total. The summed E-state index contributed by atoms with van der Waals surface area (Å²) >= 11 is 0. The van der Waals surface area contributed by atoms with Crippen LogP contribution in [0.1, 0.15) is 16.2 Å². The lowest BCUT2D eigenvalue weighted by Gasteiger charge is -2.01. The van der Waals surface area contributed by atoms with E-state index in [1.54, 1.807) is 23.7 Å². The Morgan fingerprint density at radius 1 is 1.12 bits per heavy atom. The second kappa shape index (κ2) is 6.25. The van der Waals surface area contributed by atoms with Crippen LogP contribution in [0.5, 0.6) is 5.88 Å². The second-order valence-corrected chi connectivity index (χ2v) is 5.64. The first-order valence-corrected chi connectivity index (χ1v) is 7.88. The van der Waals surface area contributed by atoms with Crippen molar-refractivity contribution in [3.05, 3.63) is 66.0 Å². The van der Waals surface area contributed by atoms with E-state index in [0.29, 0.717) is 16.6 Å². The van der Waals surface area contributed by atoms with Crippen molar-refractivity contribution in [2.24, 2.45) is 10.2 Å². The Morgan fingerprint density at radius 2 is 1.85 bits per heavy atom. The first-order chi connectivity index (χ1) is 12.6. The van der Waals surface area contributed by atoms with E-state index >= 15 is 0 Å². The highest BCUT2D eigenvalue weighted by molar-refractivity contribution is 5.96. The minimum Gasteiger partial charge on any atom is -0.493 e. The van der Waals surface area contributed by atoms with Crippen molar-refractivity contribution in [3.63, 3.8) is 0 Å². The number of carbonyl (C=O) groups is 1. The predicted octanol–water partition coefficient (Wildman–Crippen LogP) is 3.69. The molecule has 2 aromatic carbocycles. The van der Waals surface area contributed by atoms with Gasteiger partial charge in [-0.2, -0.15) is 0 Å². The molecule has 0 radical (unpaired) electrons. The Balaban J connectivity index is 1.66. The molecule has 0 saturated carbocycles. The third-order valence-corrected chi connectivity index (χ3v) is 4.00. The summed E-state index contributed by atoms with van der Waals surface area (Å²) in [6, 6.07) is 16.6. The molecule has 0 unspecified atom stereocenters. The Hall–Kier alpha value is -3.81. The van der Waals surface area contributed by atoms with Crippen LogP contribution in [0.3, 0.4) is 0 Å². The smallest absolute Gasteiger partial charge is 0.317 e. The fourth-order valence-corrected chi connectivity index (χ4v) is 2.70. The van der Waals surface area contributed by atoms with E-state index in [4.69, 9.17) is 0 Å². The normalized spacial score (nSPS) is 11.4. The van der Waals surface area contributed by atoms with Crippen LogP contribution >= 0.6 is 0 Å². The van der Waals surface area contributed by atoms with E-state index in [1.807, 2.05) is 42.5 Å². The van der Waals surface area contributed by atoms with Gasteiger partial charge in [-0.1, -0.05) is 41.6 Å². The molecule has 128 valence electrons. The van der Waals surface area contributed by atoms with Gasteiger partial charge in [0.05, 0.1) is 16.9 Å². The van der Waals surface area contributed by atoms with E-state index in [2.05, 4.69) is 25.5 Å². The zero-order valence-electron chi connectivity index (χ0n) is 13.8. The largest absolute Gasteiger partial charge is 0.493 e. The highest BCUT2D eigenvalue weighted by Gasteiger charge is 2.18. The molecule has 0 atom stereocenters. The Labute approximate surface area is 147 Å². The number of benzene rings is 2. The van der Waals surface area contributed by atoms with Gasteiger partial charge in [-0.3, -0.25) is 4.79 Å². The molecule has 26 heavy (non-hydrogen) atoms. The Morgan fingerprint density at radius 3 is 2.65 bits per heavy atom. The maximum Gasteiger partial charge on any atom is 0.317 e. The molecule has 8 nitrogen and oxygen atoms in total. The third kappa shape index (κ3) is 2.63. The summed E-state index contributed by atoms with van der Waals surface area (Å²) in [5.41, 5.74) is 2.38. The van der Waals surface area contributed by atoms with Crippen molar-refractivity contribution in [1.29, 1.82) is 0 Å². The minimum absolute atomic E-state index is 0.108. The molecule has 4 aromatic rings. The van der Waals surface area contributed by atoms with Crippen LogP contribution in [0.25, 0.3) is 16.6 Å². The maximum absolute atomic E-state index is 12.4. The topological polar surface area (TPSA) is 109 Å². The lowest BCUT2D eigenvalue weighted by molar-refractivity contribution is 0.0989. The van der Waals surface area contributed by atoms with Gasteiger partial charge in [-0.15, -0.1) is 15.3 Å². The lowest BCUT2D eigenvalue weighted by atomic mass is 10.2. The molecule has 2 aromatic heterocycles. The van der Waals surface area contributed by atoms with Crippen LogP contribution in [0, 0.1) is 6.92 Å². The summed E-state index contributed by atoms with van der Waals surface area (Å²) in [6.07, 6.45) is 0. The van der Waals surface area contributed by atoms with Crippen LogP contribution in [-0.2, 0) is 0 Å². The molecular formula is C18H14N6O2. The first-order valence-electron chi connectivity index (χ1n) is 7.88. The molecule has 0 aliphatic carbocycles. The number of azo groups is 1. The lowest BCUT2D eigenvalue weighted by Crippen LogP contribution is -2.01. The first kappa shape index (κ1) is 15.7. The number of aromatic nitrogens is 4. The van der Waals surface area contributed by atoms with E-state index in [1.165, 1.54) is 0 Å². The zero-order valence-corrected chi connectivity index (χ0v) is 13.8. The van der Waals surface area contributed by atoms with E-state index in [-0.39, 0.29) is 17.3 Å². The average Bonchev–Trinajstić information content (AvgIpc) is 3.20. The van der Waals surface area contributed by atoms with Gasteiger partial charge >= 0.3 is 5.91 Å². The number of aromatic amines is 1. The van der Waals surface area contributed by atoms with Crippen LogP contribution < -0.4 is 0 Å². The summed E-state index contributed by atoms with van der Waals surface area (Å²) in [5, 5.41) is 26.2. The number of hydrogen-bond acceptors (Lipinski definition) is 5. The summed E-state index contributed by atoms with van der Waals surface area (Å²) in [7, 11) is 0. The van der Waals surface area contributed by atoms with Gasteiger partial charge in [-0.25, -0.2) is 4.68 Å². The van der Waals surface area contributed by atoms with Crippen molar-refractivity contribution < 1.29 is 9.90 Å². The summed E-state index contributed by atoms with van der Waals surface area (Å²) in [6.45, 7) is 1.74. The second-order valence-electron chi connectivity index (χ2n) is 5.64. The Kier molecular flexibility index (Phi) is 3.77. The van der Waals surface area contributed by atoms with Gasteiger partial charge in [0.2, 0.25) is 5.88 Å². The third-order valence-electron chi connectivity index (χ3n) is 4.00. The summed E-state index contributed by atoms with van der Waals surface area (Å²) < 4.78 is 1.56. The number of hydrogen-bond donors (Lipinski definition) is 2. The number of rotatable bonds is 3. The molecule has 0 saturated heterocycles. The number of nitrogens with zero attached hydrogens (tertiary/aromatic N) is 5. The number of nitrogens with one attached hydrogen (secondary N) is 1. The molecule has 0 aliphatic heterocycles. The molecule has 0 spiro atoms. The van der Waals surface area contributed by atoms with E-state index in [0.717, 1.165) is 5.69 Å². The van der Waals surface area contributed by atoms with Gasteiger partial charge in [0.25, 0.3) is 0 Å². The van der Waals surface area contributed by atoms with E-state index < -0.39 is 5.91 Å². The SMILES string of the molecule is Cc1c(C(=O)N=Nc2c(O)[nH]c3ccccc23)nnn1-c1ccccc1. The van der Waals surface area contributed by atoms with Crippen molar-refractivity contribution in [3.8, 4) is 11.6 Å². The molecule has 0 fully saturated rings. The van der Waals surface area contributed by atoms with Crippen LogP contribution in [-0.4, -0.2) is 31.0 Å². The highest BCUT2D eigenvalue weighted by Crippen LogP contribution is 2.35. The van der Waals surface area contributed by atoms with Gasteiger partial charge in [-0.05, 0) is 25.1 Å². The molecule has 2 heterocycles. The number of para-hydroxylation sites is 2. The molecule has 0 aliphatic rings. The molecular weight excluding hydrogens is 332 g/mol. The average molecular weight is 346 g/mol. The van der Waals surface area contributed by atoms with Crippen LogP contribution in [0.2, 0.25) is 0 Å². The van der Waals surface area contributed by atoms with Gasteiger partial charge in [0, 0.05) is 5.39 Å². The minimum atomic E-state index is -0.630. The van der Waals surface area contributed by atoms with E-state index in [9.17, 15) is 9.90 Å². The van der Waals surface area contributed by atoms with Crippen LogP contribution in [0.4, 0.5) is 5.69 Å². The fourth-order valence-electron chi connectivity index (χ4n) is 2.70. The molecule has 4 rings (SSSR count). The number of amides is 1. The number of fused-ring (bicyclic) bond motifs is 1. The summed E-state index contributed by atoms with van der Waals surface area (Å²) in [4.78, 5) is 15.2. The number of H-pyrrole nitrogens is 1. The van der Waals surface area contributed by atoms with Gasteiger partial charge in [0.1, 0.15) is 0 Å². The molecule has 8 heteroatoms. The fraction of sp³-hybridized carbons (Fsp3) is 0.0556. The van der Waals surface area contributed by atoms with Gasteiger partial charge in [0.15, 0.2) is 11.4 Å². The maximum atomic E-state index is 12.4. The summed E-state index contributed by atoms with van der Waals surface area (Å²) in [5.74, 6) is -0.776. The standard InChI is InChI=1S/C18H14N6O2/c1-11-15(21-23-24(11)12-7-3-2-4-8-12)18(26)22-20-16-13-9-5-6-10-14(13)19-17(16)25/h2-10,19,25H,1H3. The van der Waals surface area contributed by atoms with Crippen molar-refractivity contribution in [2.75, 3.05) is 0 Å². The number of carbonyl (C=O) groups excluding carboxylic acids is 1. The monoisotopic (exact) mass is 346 g/mol.